The second kappa shape index (κ2) is 4.80. The molecule has 0 bridgehead atoms. The third kappa shape index (κ3) is 2.71. The molecule has 0 amide bonds. The van der Waals surface area contributed by atoms with Crippen LogP contribution in [-0.4, -0.2) is 20.2 Å². The van der Waals surface area contributed by atoms with E-state index in [2.05, 4.69) is 26.8 Å². The molecule has 2 rings (SSSR count). The first-order chi connectivity index (χ1) is 8.19. The zero-order valence-electron chi connectivity index (χ0n) is 9.05. The molecule has 1 aromatic carbocycles. The minimum Gasteiger partial charge on any atom is -0.376 e. The van der Waals surface area contributed by atoms with Crippen molar-refractivity contribution >= 4 is 17.3 Å². The first-order valence-electron chi connectivity index (χ1n) is 4.85. The van der Waals surface area contributed by atoms with Gasteiger partial charge in [0, 0.05) is 0 Å². The van der Waals surface area contributed by atoms with E-state index in [1.54, 1.807) is 25.2 Å². The van der Waals surface area contributed by atoms with Gasteiger partial charge in [-0.1, -0.05) is 11.6 Å². The first-order valence-corrected chi connectivity index (χ1v) is 5.23. The predicted octanol–water partition coefficient (Wildman–Crippen LogP) is 1.35. The zero-order chi connectivity index (χ0) is 12.3. The fraction of sp³-hybridized carbons (Fsp3) is 0.200. The van der Waals surface area contributed by atoms with Crippen LogP contribution in [0.2, 0.25) is 5.02 Å². The molecule has 0 fully saturated rings. The number of nitriles is 1. The third-order valence-electron chi connectivity index (χ3n) is 2.08. The number of rotatable bonds is 3. The number of hydrogen-bond donors (Lipinski definition) is 1. The monoisotopic (exact) mass is 248 g/mol. The van der Waals surface area contributed by atoms with Crippen LogP contribution in [0.1, 0.15) is 11.4 Å². The largest absolute Gasteiger partial charge is 0.376 e. The lowest BCUT2D eigenvalue weighted by Crippen LogP contribution is -2.03. The Hall–Kier alpha value is -2.13. The number of hydrogen-bond acceptors (Lipinski definition) is 5. The summed E-state index contributed by atoms with van der Waals surface area (Å²) in [5, 5.41) is 24.0. The molecule has 1 N–H and O–H groups in total. The van der Waals surface area contributed by atoms with Crippen LogP contribution in [0.3, 0.4) is 0 Å². The highest BCUT2D eigenvalue weighted by Gasteiger charge is 2.04. The molecule has 17 heavy (non-hydrogen) atoms. The van der Waals surface area contributed by atoms with Gasteiger partial charge >= 0.3 is 0 Å². The minimum absolute atomic E-state index is 0.405. The maximum atomic E-state index is 8.78. The number of halogens is 1. The summed E-state index contributed by atoms with van der Waals surface area (Å²) in [5.41, 5.74) is 1.22. The smallest absolute Gasteiger partial charge is 0.193 e. The van der Waals surface area contributed by atoms with Gasteiger partial charge in [0.05, 0.1) is 35.9 Å². The molecule has 0 aliphatic carbocycles. The number of nitrogens with one attached hydrogen (secondary N) is 1. The molecule has 0 atom stereocenters. The molecule has 0 saturated carbocycles. The van der Waals surface area contributed by atoms with Gasteiger partial charge in [-0.05, 0) is 23.4 Å². The van der Waals surface area contributed by atoms with Gasteiger partial charge in [-0.3, -0.25) is 0 Å². The van der Waals surface area contributed by atoms with E-state index in [0.717, 1.165) is 0 Å². The molecule has 6 nitrogen and oxygen atoms in total. The fourth-order valence-electron chi connectivity index (χ4n) is 1.30. The first kappa shape index (κ1) is 11.4. The number of tetrazole rings is 1. The Kier molecular flexibility index (Phi) is 3.21. The zero-order valence-corrected chi connectivity index (χ0v) is 9.81. The molecule has 2 aromatic rings. The van der Waals surface area contributed by atoms with Crippen molar-refractivity contribution in [3.63, 3.8) is 0 Å². The molecular weight excluding hydrogens is 240 g/mol. The van der Waals surface area contributed by atoms with E-state index in [0.29, 0.717) is 28.6 Å². The highest BCUT2D eigenvalue weighted by molar-refractivity contribution is 6.33. The molecule has 0 spiro atoms. The van der Waals surface area contributed by atoms with Crippen LogP contribution in [-0.2, 0) is 13.6 Å². The Labute approximate surface area is 103 Å². The molecule has 0 unspecified atom stereocenters. The van der Waals surface area contributed by atoms with E-state index in [9.17, 15) is 0 Å². The van der Waals surface area contributed by atoms with Crippen molar-refractivity contribution in [2.75, 3.05) is 5.32 Å². The molecule has 86 valence electrons. The summed E-state index contributed by atoms with van der Waals surface area (Å²) < 4.78 is 0. The topological polar surface area (TPSA) is 79.4 Å². The summed E-state index contributed by atoms with van der Waals surface area (Å²) in [7, 11) is 1.69. The van der Waals surface area contributed by atoms with Crippen molar-refractivity contribution in [1.29, 1.82) is 5.26 Å². The Balaban J connectivity index is 2.11. The van der Waals surface area contributed by atoms with E-state index in [1.807, 2.05) is 0 Å². The highest BCUT2D eigenvalue weighted by Crippen LogP contribution is 2.22. The van der Waals surface area contributed by atoms with E-state index >= 15 is 0 Å². The molecule has 0 radical (unpaired) electrons. The Morgan fingerprint density at radius 2 is 2.35 bits per heavy atom. The Morgan fingerprint density at radius 3 is 3.00 bits per heavy atom. The van der Waals surface area contributed by atoms with Crippen molar-refractivity contribution in [2.24, 2.45) is 7.05 Å². The van der Waals surface area contributed by atoms with Gasteiger partial charge in [0.25, 0.3) is 0 Å². The van der Waals surface area contributed by atoms with Gasteiger partial charge in [0.1, 0.15) is 0 Å². The van der Waals surface area contributed by atoms with Crippen LogP contribution in [0.25, 0.3) is 0 Å². The van der Waals surface area contributed by atoms with Gasteiger partial charge in [-0.25, -0.2) is 0 Å². The standard InChI is InChI=1S/C10H9ClN6/c1-17-15-10(14-16-17)6-13-9-4-7(5-12)2-3-8(9)11/h2-4,13H,6H2,1H3. The van der Waals surface area contributed by atoms with Gasteiger partial charge in [-0.2, -0.15) is 10.1 Å². The lowest BCUT2D eigenvalue weighted by Gasteiger charge is -2.05. The van der Waals surface area contributed by atoms with Gasteiger partial charge in [-0.15, -0.1) is 10.2 Å². The Bertz CT molecular complexity index is 570. The molecular formula is C10H9ClN6. The molecule has 0 aliphatic heterocycles. The van der Waals surface area contributed by atoms with Crippen molar-refractivity contribution in [3.8, 4) is 6.07 Å². The van der Waals surface area contributed by atoms with Gasteiger partial charge in [0.2, 0.25) is 0 Å². The van der Waals surface area contributed by atoms with Crippen molar-refractivity contribution in [1.82, 2.24) is 20.2 Å². The number of nitrogens with zero attached hydrogens (tertiary/aromatic N) is 5. The average molecular weight is 249 g/mol. The number of aryl methyl sites for hydroxylation is 1. The van der Waals surface area contributed by atoms with Crippen LogP contribution in [0.5, 0.6) is 0 Å². The summed E-state index contributed by atoms with van der Waals surface area (Å²) in [4.78, 5) is 1.38. The lowest BCUT2D eigenvalue weighted by atomic mass is 10.2. The fourth-order valence-corrected chi connectivity index (χ4v) is 1.48. The average Bonchev–Trinajstić information content (AvgIpc) is 2.74. The molecule has 0 saturated heterocycles. The van der Waals surface area contributed by atoms with Crippen LogP contribution in [0.4, 0.5) is 5.69 Å². The van der Waals surface area contributed by atoms with Crippen molar-refractivity contribution < 1.29 is 0 Å². The summed E-state index contributed by atoms with van der Waals surface area (Å²) in [6, 6.07) is 7.06. The van der Waals surface area contributed by atoms with Gasteiger partial charge < -0.3 is 5.32 Å². The number of aromatic nitrogens is 4. The van der Waals surface area contributed by atoms with Crippen LogP contribution in [0, 0.1) is 11.3 Å². The third-order valence-corrected chi connectivity index (χ3v) is 2.41. The quantitative estimate of drug-likeness (QED) is 0.887. The van der Waals surface area contributed by atoms with Crippen LogP contribution < -0.4 is 5.32 Å². The van der Waals surface area contributed by atoms with Crippen molar-refractivity contribution in [3.05, 3.63) is 34.6 Å². The van der Waals surface area contributed by atoms with Gasteiger partial charge in [0.15, 0.2) is 5.82 Å². The number of anilines is 1. The predicted molar refractivity (Wildman–Crippen MR) is 62.3 cm³/mol. The summed E-state index contributed by atoms with van der Waals surface area (Å²) >= 11 is 5.99. The second-order valence-corrected chi connectivity index (χ2v) is 3.76. The summed E-state index contributed by atoms with van der Waals surface area (Å²) in [6.07, 6.45) is 0. The maximum absolute atomic E-state index is 8.78. The second-order valence-electron chi connectivity index (χ2n) is 3.36. The van der Waals surface area contributed by atoms with Crippen LogP contribution >= 0.6 is 11.6 Å². The van der Waals surface area contributed by atoms with E-state index in [-0.39, 0.29) is 0 Å². The summed E-state index contributed by atoms with van der Waals surface area (Å²) in [5.74, 6) is 0.561. The van der Waals surface area contributed by atoms with Crippen molar-refractivity contribution in [2.45, 2.75) is 6.54 Å². The molecule has 7 heteroatoms. The lowest BCUT2D eigenvalue weighted by molar-refractivity contribution is 0.628. The highest BCUT2D eigenvalue weighted by atomic mass is 35.5. The SMILES string of the molecule is Cn1nnc(CNc2cc(C#N)ccc2Cl)n1. The van der Waals surface area contributed by atoms with E-state index < -0.39 is 0 Å². The van der Waals surface area contributed by atoms with Crippen LogP contribution in [0.15, 0.2) is 18.2 Å². The molecule has 0 aliphatic rings. The summed E-state index contributed by atoms with van der Waals surface area (Å²) in [6.45, 7) is 0.405. The normalized spacial score (nSPS) is 9.94. The molecule has 1 heterocycles. The minimum atomic E-state index is 0.405. The molecule has 1 aromatic heterocycles. The maximum Gasteiger partial charge on any atom is 0.193 e. The number of benzene rings is 1. The van der Waals surface area contributed by atoms with E-state index in [1.165, 1.54) is 4.80 Å². The Morgan fingerprint density at radius 1 is 1.53 bits per heavy atom. The van der Waals surface area contributed by atoms with E-state index in [4.69, 9.17) is 16.9 Å².